The molecule has 0 saturated carbocycles. The molecule has 1 aromatic heterocycles. The van der Waals surface area contributed by atoms with Crippen LogP contribution in [0.3, 0.4) is 0 Å². The van der Waals surface area contributed by atoms with Crippen LogP contribution in [0.25, 0.3) is 0 Å². The zero-order chi connectivity index (χ0) is 13.5. The van der Waals surface area contributed by atoms with E-state index in [0.29, 0.717) is 29.6 Å². The number of ether oxygens (including phenoxy) is 1. The third kappa shape index (κ3) is 3.92. The minimum Gasteiger partial charge on any atom is -0.378 e. The smallest absolute Gasteiger partial charge is 0.0996 e. The zero-order valence-corrected chi connectivity index (χ0v) is 11.4. The molecular weight excluding hydrogens is 264 g/mol. The van der Waals surface area contributed by atoms with Gasteiger partial charge in [0.25, 0.3) is 0 Å². The van der Waals surface area contributed by atoms with Crippen molar-refractivity contribution in [1.82, 2.24) is 4.98 Å². The molecular formula is C14H15ClN2O2. The molecule has 2 aromatic rings. The summed E-state index contributed by atoms with van der Waals surface area (Å²) in [5.74, 6) is 0. The first-order valence-corrected chi connectivity index (χ1v) is 6.23. The summed E-state index contributed by atoms with van der Waals surface area (Å²) in [7, 11) is 1.60. The minimum atomic E-state index is 0.368. The Bertz CT molecular complexity index is 520. The molecule has 0 fully saturated rings. The van der Waals surface area contributed by atoms with Gasteiger partial charge >= 0.3 is 0 Å². The molecule has 0 aliphatic rings. The predicted octanol–water partition coefficient (Wildman–Crippen LogP) is 3.43. The summed E-state index contributed by atoms with van der Waals surface area (Å²) in [5, 5.41) is 0.511. The van der Waals surface area contributed by atoms with E-state index in [1.807, 2.05) is 30.3 Å². The third-order valence-electron chi connectivity index (χ3n) is 2.51. The maximum absolute atomic E-state index is 6.18. The van der Waals surface area contributed by atoms with Crippen molar-refractivity contribution in [3.8, 4) is 0 Å². The Kier molecular flexibility index (Phi) is 5.15. The minimum absolute atomic E-state index is 0.368. The van der Waals surface area contributed by atoms with Crippen molar-refractivity contribution in [1.29, 1.82) is 0 Å². The molecule has 0 amide bonds. The van der Waals surface area contributed by atoms with E-state index in [2.05, 4.69) is 10.5 Å². The Hall–Kier alpha value is -1.62. The van der Waals surface area contributed by atoms with Crippen LogP contribution in [0.2, 0.25) is 5.02 Å². The Labute approximate surface area is 117 Å². The van der Waals surface area contributed by atoms with Gasteiger partial charge in [-0.05, 0) is 11.6 Å². The van der Waals surface area contributed by atoms with Crippen LogP contribution < -0.4 is 5.48 Å². The van der Waals surface area contributed by atoms with Crippen molar-refractivity contribution >= 4 is 17.3 Å². The van der Waals surface area contributed by atoms with E-state index >= 15 is 0 Å². The molecule has 1 N–H and O–H groups in total. The van der Waals surface area contributed by atoms with Gasteiger partial charge in [0.1, 0.15) is 0 Å². The number of halogens is 1. The quantitative estimate of drug-likeness (QED) is 0.822. The highest BCUT2D eigenvalue weighted by Gasteiger charge is 2.07. The summed E-state index contributed by atoms with van der Waals surface area (Å²) in [5.41, 5.74) is 5.27. The second-order valence-electron chi connectivity index (χ2n) is 3.93. The lowest BCUT2D eigenvalue weighted by Gasteiger charge is -2.10. The molecule has 0 radical (unpaired) electrons. The van der Waals surface area contributed by atoms with Crippen LogP contribution >= 0.6 is 11.6 Å². The van der Waals surface area contributed by atoms with Crippen LogP contribution in [0.1, 0.15) is 11.3 Å². The van der Waals surface area contributed by atoms with Gasteiger partial charge in [-0.2, -0.15) is 0 Å². The number of pyridine rings is 1. The summed E-state index contributed by atoms with van der Waals surface area (Å²) in [6.45, 7) is 0.826. The summed E-state index contributed by atoms with van der Waals surface area (Å²) < 4.78 is 5.02. The van der Waals surface area contributed by atoms with E-state index in [1.54, 1.807) is 19.4 Å². The monoisotopic (exact) mass is 278 g/mol. The third-order valence-corrected chi connectivity index (χ3v) is 2.93. The largest absolute Gasteiger partial charge is 0.378 e. The number of aromatic nitrogens is 1. The zero-order valence-electron chi connectivity index (χ0n) is 10.6. The summed E-state index contributed by atoms with van der Waals surface area (Å²) in [6, 6.07) is 11.6. The second kappa shape index (κ2) is 7.09. The lowest BCUT2D eigenvalue weighted by atomic mass is 10.2. The lowest BCUT2D eigenvalue weighted by Crippen LogP contribution is -2.04. The molecule has 4 nitrogen and oxygen atoms in total. The van der Waals surface area contributed by atoms with Crippen molar-refractivity contribution in [2.45, 2.75) is 13.2 Å². The van der Waals surface area contributed by atoms with E-state index in [4.69, 9.17) is 21.2 Å². The second-order valence-corrected chi connectivity index (χ2v) is 4.31. The normalized spacial score (nSPS) is 10.4. The van der Waals surface area contributed by atoms with Crippen LogP contribution in [0.4, 0.5) is 5.69 Å². The summed E-state index contributed by atoms with van der Waals surface area (Å²) in [4.78, 5) is 9.56. The van der Waals surface area contributed by atoms with Gasteiger partial charge in [-0.3, -0.25) is 15.3 Å². The topological polar surface area (TPSA) is 43.4 Å². The van der Waals surface area contributed by atoms with Gasteiger partial charge in [-0.1, -0.05) is 41.9 Å². The predicted molar refractivity (Wildman–Crippen MR) is 74.8 cm³/mol. The van der Waals surface area contributed by atoms with Gasteiger partial charge in [-0.25, -0.2) is 0 Å². The fourth-order valence-electron chi connectivity index (χ4n) is 1.57. The van der Waals surface area contributed by atoms with Crippen LogP contribution in [0, 0.1) is 0 Å². The van der Waals surface area contributed by atoms with Crippen molar-refractivity contribution in [3.05, 3.63) is 58.9 Å². The van der Waals surface area contributed by atoms with Crippen LogP contribution in [0.5, 0.6) is 0 Å². The van der Waals surface area contributed by atoms with Gasteiger partial charge in [0, 0.05) is 13.3 Å². The van der Waals surface area contributed by atoms with E-state index in [9.17, 15) is 0 Å². The molecule has 0 atom stereocenters. The first kappa shape index (κ1) is 13.8. The van der Waals surface area contributed by atoms with Crippen LogP contribution in [-0.2, 0) is 22.8 Å². The maximum atomic E-state index is 6.18. The Balaban J connectivity index is 1.94. The van der Waals surface area contributed by atoms with E-state index < -0.39 is 0 Å². The van der Waals surface area contributed by atoms with Gasteiger partial charge < -0.3 is 4.74 Å². The molecule has 0 aliphatic heterocycles. The van der Waals surface area contributed by atoms with Crippen LogP contribution in [-0.4, -0.2) is 12.1 Å². The molecule has 0 saturated heterocycles. The van der Waals surface area contributed by atoms with Gasteiger partial charge in [0.15, 0.2) is 0 Å². The van der Waals surface area contributed by atoms with Gasteiger partial charge in [0.05, 0.1) is 29.6 Å². The molecule has 0 aliphatic carbocycles. The number of rotatable bonds is 6. The number of nitrogens with zero attached hydrogens (tertiary/aromatic N) is 1. The highest BCUT2D eigenvalue weighted by atomic mass is 35.5. The van der Waals surface area contributed by atoms with Crippen molar-refractivity contribution in [2.75, 3.05) is 12.6 Å². The maximum Gasteiger partial charge on any atom is 0.0996 e. The summed E-state index contributed by atoms with van der Waals surface area (Å²) >= 11 is 6.18. The van der Waals surface area contributed by atoms with Crippen molar-refractivity contribution < 1.29 is 9.57 Å². The number of methoxy groups -OCH3 is 1. The van der Waals surface area contributed by atoms with E-state index in [1.165, 1.54) is 0 Å². The van der Waals surface area contributed by atoms with E-state index in [-0.39, 0.29) is 0 Å². The summed E-state index contributed by atoms with van der Waals surface area (Å²) in [6.07, 6.45) is 1.66. The average molecular weight is 279 g/mol. The first-order chi connectivity index (χ1) is 9.31. The highest BCUT2D eigenvalue weighted by molar-refractivity contribution is 6.33. The SMILES string of the molecule is COCc1nccc(NOCc2ccccc2)c1Cl. The first-order valence-electron chi connectivity index (χ1n) is 5.85. The van der Waals surface area contributed by atoms with Gasteiger partial charge in [-0.15, -0.1) is 0 Å². The molecule has 100 valence electrons. The number of hydrogen-bond acceptors (Lipinski definition) is 4. The number of anilines is 1. The van der Waals surface area contributed by atoms with Gasteiger partial charge in [0.2, 0.25) is 0 Å². The fourth-order valence-corrected chi connectivity index (χ4v) is 1.78. The molecule has 2 rings (SSSR count). The Morgan fingerprint density at radius 1 is 1.16 bits per heavy atom. The molecule has 1 aromatic carbocycles. The average Bonchev–Trinajstić information content (AvgIpc) is 2.44. The Morgan fingerprint density at radius 3 is 2.68 bits per heavy atom. The number of benzene rings is 1. The standard InChI is InChI=1S/C14H15ClN2O2/c1-18-10-13-14(15)12(7-8-16-13)17-19-9-11-5-3-2-4-6-11/h2-8H,9-10H2,1H3,(H,16,17). The number of nitrogens with one attached hydrogen (secondary N) is 1. The van der Waals surface area contributed by atoms with Crippen LogP contribution in [0.15, 0.2) is 42.6 Å². The fraction of sp³-hybridized carbons (Fsp3) is 0.214. The lowest BCUT2D eigenvalue weighted by molar-refractivity contribution is 0.177. The molecule has 19 heavy (non-hydrogen) atoms. The Morgan fingerprint density at radius 2 is 1.95 bits per heavy atom. The molecule has 5 heteroatoms. The number of hydrogen-bond donors (Lipinski definition) is 1. The molecule has 0 spiro atoms. The molecule has 0 unspecified atom stereocenters. The molecule has 1 heterocycles. The highest BCUT2D eigenvalue weighted by Crippen LogP contribution is 2.24. The van der Waals surface area contributed by atoms with E-state index in [0.717, 1.165) is 5.56 Å². The van der Waals surface area contributed by atoms with Crippen molar-refractivity contribution in [2.24, 2.45) is 0 Å². The molecule has 0 bridgehead atoms. The van der Waals surface area contributed by atoms with Crippen molar-refractivity contribution in [3.63, 3.8) is 0 Å².